The topological polar surface area (TPSA) is 17.1 Å². The summed E-state index contributed by atoms with van der Waals surface area (Å²) in [6, 6.07) is 7.51. The molecule has 12 heavy (non-hydrogen) atoms. The molecule has 0 saturated carbocycles. The lowest BCUT2D eigenvalue weighted by atomic mass is 10.1. The second kappa shape index (κ2) is 4.00. The van der Waals surface area contributed by atoms with E-state index in [0.717, 1.165) is 11.1 Å². The smallest absolute Gasteiger partial charge is 0.159 e. The Balaban J connectivity index is 2.69. The van der Waals surface area contributed by atoms with E-state index < -0.39 is 6.17 Å². The van der Waals surface area contributed by atoms with Gasteiger partial charge in [0.05, 0.1) is 0 Å². The van der Waals surface area contributed by atoms with Crippen molar-refractivity contribution in [2.45, 2.75) is 19.5 Å². The van der Waals surface area contributed by atoms with Gasteiger partial charge < -0.3 is 4.79 Å². The van der Waals surface area contributed by atoms with Crippen molar-refractivity contribution in [3.8, 4) is 0 Å². The second-order valence-electron chi connectivity index (χ2n) is 2.85. The molecule has 0 amide bonds. The van der Waals surface area contributed by atoms with Crippen molar-refractivity contribution in [2.75, 3.05) is 0 Å². The number of alkyl halides is 1. The highest BCUT2D eigenvalue weighted by Gasteiger charge is 2.04. The normalized spacial score (nSPS) is 12.5. The van der Waals surface area contributed by atoms with E-state index in [1.807, 2.05) is 31.2 Å². The second-order valence-corrected chi connectivity index (χ2v) is 2.85. The number of hydrogen-bond donors (Lipinski definition) is 0. The first-order chi connectivity index (χ1) is 5.72. The van der Waals surface area contributed by atoms with Crippen molar-refractivity contribution < 1.29 is 9.18 Å². The molecule has 1 aromatic rings. The van der Waals surface area contributed by atoms with E-state index in [1.165, 1.54) is 0 Å². The van der Waals surface area contributed by atoms with Crippen LogP contribution < -0.4 is 0 Å². The summed E-state index contributed by atoms with van der Waals surface area (Å²) in [4.78, 5) is 10.0. The number of carbonyl (C=O) groups is 1. The van der Waals surface area contributed by atoms with Crippen molar-refractivity contribution in [3.63, 3.8) is 0 Å². The molecular weight excluding hydrogens is 155 g/mol. The summed E-state index contributed by atoms with van der Waals surface area (Å²) in [6.45, 7) is 1.94. The van der Waals surface area contributed by atoms with Crippen molar-refractivity contribution in [2.24, 2.45) is 0 Å². The van der Waals surface area contributed by atoms with Crippen LogP contribution in [0.1, 0.15) is 11.1 Å². The quantitative estimate of drug-likeness (QED) is 0.628. The van der Waals surface area contributed by atoms with Gasteiger partial charge in [-0.25, -0.2) is 4.39 Å². The van der Waals surface area contributed by atoms with Gasteiger partial charge in [-0.2, -0.15) is 0 Å². The van der Waals surface area contributed by atoms with Crippen molar-refractivity contribution in [3.05, 3.63) is 35.4 Å². The molecule has 0 aromatic heterocycles. The molecule has 0 radical (unpaired) electrons. The van der Waals surface area contributed by atoms with Gasteiger partial charge in [-0.05, 0) is 12.5 Å². The highest BCUT2D eigenvalue weighted by atomic mass is 19.1. The molecule has 0 aliphatic rings. The number of halogens is 1. The minimum Gasteiger partial charge on any atom is -0.300 e. The predicted octanol–water partition coefficient (Wildman–Crippen LogP) is 2.07. The Labute approximate surface area is 71.2 Å². The Kier molecular flexibility index (Phi) is 2.97. The molecule has 0 aliphatic carbocycles. The largest absolute Gasteiger partial charge is 0.300 e. The highest BCUT2D eigenvalue weighted by Crippen LogP contribution is 2.07. The van der Waals surface area contributed by atoms with Crippen LogP contribution in [0.4, 0.5) is 4.39 Å². The minimum atomic E-state index is -1.37. The molecule has 64 valence electrons. The first-order valence-electron chi connectivity index (χ1n) is 3.87. The number of hydrogen-bond acceptors (Lipinski definition) is 1. The van der Waals surface area contributed by atoms with Crippen LogP contribution in [0.25, 0.3) is 0 Å². The van der Waals surface area contributed by atoms with Gasteiger partial charge >= 0.3 is 0 Å². The van der Waals surface area contributed by atoms with Crippen LogP contribution in [0.15, 0.2) is 24.3 Å². The summed E-state index contributed by atoms with van der Waals surface area (Å²) in [6.07, 6.45) is -0.847. The Morgan fingerprint density at radius 3 is 2.92 bits per heavy atom. The minimum absolute atomic E-state index is 0.186. The van der Waals surface area contributed by atoms with E-state index in [9.17, 15) is 9.18 Å². The fourth-order valence-electron chi connectivity index (χ4n) is 1.11. The van der Waals surface area contributed by atoms with Gasteiger partial charge in [-0.1, -0.05) is 29.8 Å². The maximum absolute atomic E-state index is 12.6. The van der Waals surface area contributed by atoms with Crippen LogP contribution in [0.3, 0.4) is 0 Å². The van der Waals surface area contributed by atoms with E-state index >= 15 is 0 Å². The maximum atomic E-state index is 12.6. The molecule has 1 nitrogen and oxygen atoms in total. The number of rotatable bonds is 3. The van der Waals surface area contributed by atoms with Crippen LogP contribution >= 0.6 is 0 Å². The van der Waals surface area contributed by atoms with E-state index in [0.29, 0.717) is 6.29 Å². The van der Waals surface area contributed by atoms with Gasteiger partial charge in [0.1, 0.15) is 0 Å². The first-order valence-corrected chi connectivity index (χ1v) is 3.87. The monoisotopic (exact) mass is 166 g/mol. The lowest BCUT2D eigenvalue weighted by Crippen LogP contribution is -2.05. The average molecular weight is 166 g/mol. The number of benzene rings is 1. The summed E-state index contributed by atoms with van der Waals surface area (Å²) in [5, 5.41) is 0. The molecular formula is C10H11FO. The van der Waals surface area contributed by atoms with Crippen LogP contribution in [0, 0.1) is 6.92 Å². The molecule has 0 spiro atoms. The number of aryl methyl sites for hydroxylation is 1. The number of carbonyl (C=O) groups excluding carboxylic acids is 1. The highest BCUT2D eigenvalue weighted by molar-refractivity contribution is 5.56. The zero-order valence-electron chi connectivity index (χ0n) is 6.96. The molecule has 1 rings (SSSR count). The van der Waals surface area contributed by atoms with Crippen molar-refractivity contribution >= 4 is 6.29 Å². The predicted molar refractivity (Wildman–Crippen MR) is 45.8 cm³/mol. The molecule has 0 fully saturated rings. The summed E-state index contributed by atoms with van der Waals surface area (Å²) in [5.41, 5.74) is 1.96. The van der Waals surface area contributed by atoms with E-state index in [4.69, 9.17) is 0 Å². The van der Waals surface area contributed by atoms with E-state index in [2.05, 4.69) is 0 Å². The van der Waals surface area contributed by atoms with Crippen LogP contribution in [0.2, 0.25) is 0 Å². The van der Waals surface area contributed by atoms with Gasteiger partial charge in [0.25, 0.3) is 0 Å². The van der Waals surface area contributed by atoms with Gasteiger partial charge in [0.15, 0.2) is 12.5 Å². The van der Waals surface area contributed by atoms with Crippen LogP contribution in [-0.2, 0) is 11.2 Å². The van der Waals surface area contributed by atoms with Gasteiger partial charge in [-0.15, -0.1) is 0 Å². The van der Waals surface area contributed by atoms with Gasteiger partial charge in [0, 0.05) is 6.42 Å². The van der Waals surface area contributed by atoms with Gasteiger partial charge in [0.2, 0.25) is 0 Å². The molecule has 0 aliphatic heterocycles. The standard InChI is InChI=1S/C10H11FO/c1-8-3-2-4-9(5-8)6-10(11)7-12/h2-5,7,10H,6H2,1H3. The third kappa shape index (κ3) is 2.46. The Morgan fingerprint density at radius 2 is 2.33 bits per heavy atom. The first kappa shape index (κ1) is 8.91. The summed E-state index contributed by atoms with van der Waals surface area (Å²) >= 11 is 0. The fourth-order valence-corrected chi connectivity index (χ4v) is 1.11. The third-order valence-corrected chi connectivity index (χ3v) is 1.66. The lowest BCUT2D eigenvalue weighted by molar-refractivity contribution is -0.111. The molecule has 1 unspecified atom stereocenters. The molecule has 0 heterocycles. The summed E-state index contributed by atoms with van der Waals surface area (Å²) in [7, 11) is 0. The Bertz CT molecular complexity index is 270. The zero-order valence-corrected chi connectivity index (χ0v) is 6.96. The van der Waals surface area contributed by atoms with E-state index in [-0.39, 0.29) is 6.42 Å². The molecule has 2 heteroatoms. The van der Waals surface area contributed by atoms with Gasteiger partial charge in [-0.3, -0.25) is 0 Å². The maximum Gasteiger partial charge on any atom is 0.159 e. The molecule has 1 aromatic carbocycles. The summed E-state index contributed by atoms with van der Waals surface area (Å²) < 4.78 is 12.6. The van der Waals surface area contributed by atoms with Crippen molar-refractivity contribution in [1.29, 1.82) is 0 Å². The molecule has 0 saturated heterocycles. The third-order valence-electron chi connectivity index (χ3n) is 1.66. The SMILES string of the molecule is Cc1cccc(CC(F)C=O)c1. The van der Waals surface area contributed by atoms with E-state index in [1.54, 1.807) is 0 Å². The average Bonchev–Trinajstić information content (AvgIpc) is 2.04. The number of aldehydes is 1. The molecule has 0 N–H and O–H groups in total. The van der Waals surface area contributed by atoms with Crippen LogP contribution in [0.5, 0.6) is 0 Å². The lowest BCUT2D eigenvalue weighted by Gasteiger charge is -2.01. The summed E-state index contributed by atoms with van der Waals surface area (Å²) in [5.74, 6) is 0. The molecule has 0 bridgehead atoms. The fraction of sp³-hybridized carbons (Fsp3) is 0.300. The van der Waals surface area contributed by atoms with Crippen LogP contribution in [-0.4, -0.2) is 12.5 Å². The Morgan fingerprint density at radius 1 is 1.58 bits per heavy atom. The zero-order chi connectivity index (χ0) is 8.97. The Hall–Kier alpha value is -1.18. The van der Waals surface area contributed by atoms with Crippen molar-refractivity contribution in [1.82, 2.24) is 0 Å². The molecule has 1 atom stereocenters.